The van der Waals surface area contributed by atoms with Crippen LogP contribution in [-0.4, -0.2) is 13.4 Å². The summed E-state index contributed by atoms with van der Waals surface area (Å²) in [5.41, 5.74) is 1.34. The van der Waals surface area contributed by atoms with Crippen LogP contribution in [0.3, 0.4) is 0 Å². The molecule has 0 aliphatic rings. The van der Waals surface area contributed by atoms with E-state index in [1.807, 2.05) is 6.07 Å². The predicted molar refractivity (Wildman–Crippen MR) is 72.0 cm³/mol. The zero-order valence-corrected chi connectivity index (χ0v) is 11.8. The summed E-state index contributed by atoms with van der Waals surface area (Å²) >= 11 is 1.13. The Balaban J connectivity index is 2.07. The van der Waals surface area contributed by atoms with Crippen LogP contribution in [0.25, 0.3) is 0 Å². The van der Waals surface area contributed by atoms with Gasteiger partial charge in [0.2, 0.25) is 0 Å². The van der Waals surface area contributed by atoms with Gasteiger partial charge in [-0.15, -0.1) is 11.3 Å². The third kappa shape index (κ3) is 3.38. The van der Waals surface area contributed by atoms with Crippen LogP contribution in [0.1, 0.15) is 16.1 Å². The van der Waals surface area contributed by atoms with Crippen LogP contribution in [0.15, 0.2) is 34.7 Å². The van der Waals surface area contributed by atoms with E-state index in [2.05, 4.69) is 9.71 Å². The van der Waals surface area contributed by atoms with Gasteiger partial charge in [-0.3, -0.25) is 0 Å². The molecule has 1 N–H and O–H groups in total. The lowest BCUT2D eigenvalue weighted by atomic mass is 10.1. The number of hydrogen-bond donors (Lipinski definition) is 1. The summed E-state index contributed by atoms with van der Waals surface area (Å²) in [7, 11) is -3.51. The Morgan fingerprint density at radius 2 is 2.05 bits per heavy atom. The highest BCUT2D eigenvalue weighted by Gasteiger charge is 2.16. The first-order valence-electron chi connectivity index (χ1n) is 5.42. The Labute approximate surface area is 115 Å². The molecule has 0 spiro atoms. The van der Waals surface area contributed by atoms with Crippen LogP contribution >= 0.6 is 11.3 Å². The Hall–Kier alpha value is -1.75. The average Bonchev–Trinajstić information content (AvgIpc) is 2.85. The number of aryl methyl sites for hydroxylation is 1. The van der Waals surface area contributed by atoms with Crippen LogP contribution in [0.4, 0.5) is 0 Å². The Bertz CT molecular complexity index is 712. The van der Waals surface area contributed by atoms with E-state index in [9.17, 15) is 8.42 Å². The summed E-state index contributed by atoms with van der Waals surface area (Å²) in [5.74, 6) is 0. The van der Waals surface area contributed by atoms with Gasteiger partial charge in [0.1, 0.15) is 0 Å². The van der Waals surface area contributed by atoms with Gasteiger partial charge in [0.25, 0.3) is 10.0 Å². The van der Waals surface area contributed by atoms with Crippen molar-refractivity contribution in [3.63, 3.8) is 0 Å². The van der Waals surface area contributed by atoms with Crippen molar-refractivity contribution in [2.24, 2.45) is 0 Å². The zero-order chi connectivity index (χ0) is 13.9. The number of hydrogen-bond acceptors (Lipinski definition) is 5. The van der Waals surface area contributed by atoms with Crippen molar-refractivity contribution in [3.05, 3.63) is 46.6 Å². The van der Waals surface area contributed by atoms with Crippen molar-refractivity contribution in [3.8, 4) is 6.07 Å². The van der Waals surface area contributed by atoms with Crippen molar-refractivity contribution < 1.29 is 8.42 Å². The molecular weight excluding hydrogens is 282 g/mol. The van der Waals surface area contributed by atoms with E-state index < -0.39 is 10.0 Å². The number of aromatic nitrogens is 1. The van der Waals surface area contributed by atoms with Crippen LogP contribution in [0.5, 0.6) is 0 Å². The van der Waals surface area contributed by atoms with Gasteiger partial charge >= 0.3 is 0 Å². The third-order valence-corrected chi connectivity index (χ3v) is 5.19. The predicted octanol–water partition coefficient (Wildman–Crippen LogP) is 1.80. The van der Waals surface area contributed by atoms with E-state index in [0.717, 1.165) is 16.9 Å². The molecule has 19 heavy (non-hydrogen) atoms. The van der Waals surface area contributed by atoms with Gasteiger partial charge in [-0.1, -0.05) is 12.1 Å². The van der Waals surface area contributed by atoms with Crippen molar-refractivity contribution in [1.82, 2.24) is 9.71 Å². The molecule has 0 saturated carbocycles. The molecule has 1 aromatic carbocycles. The van der Waals surface area contributed by atoms with Gasteiger partial charge in [-0.2, -0.15) is 5.26 Å². The molecule has 0 aliphatic carbocycles. The summed E-state index contributed by atoms with van der Waals surface area (Å²) in [6.07, 6.45) is 1.35. The number of nitriles is 1. The van der Waals surface area contributed by atoms with E-state index in [4.69, 9.17) is 5.26 Å². The molecule has 0 amide bonds. The fourth-order valence-electron chi connectivity index (χ4n) is 1.41. The summed E-state index contributed by atoms with van der Waals surface area (Å²) in [4.78, 5) is 3.92. The van der Waals surface area contributed by atoms with Gasteiger partial charge in [-0.05, 0) is 24.6 Å². The Morgan fingerprint density at radius 3 is 2.58 bits per heavy atom. The lowest BCUT2D eigenvalue weighted by molar-refractivity contribution is 0.583. The fraction of sp³-hybridized carbons (Fsp3) is 0.167. The van der Waals surface area contributed by atoms with E-state index in [-0.39, 0.29) is 10.8 Å². The smallest absolute Gasteiger partial charge is 0.249 e. The van der Waals surface area contributed by atoms with E-state index in [1.54, 1.807) is 31.2 Å². The molecule has 0 fully saturated rings. The number of nitrogens with zero attached hydrogens (tertiary/aromatic N) is 2. The second-order valence-electron chi connectivity index (χ2n) is 3.83. The van der Waals surface area contributed by atoms with Crippen LogP contribution in [0.2, 0.25) is 0 Å². The maximum Gasteiger partial charge on any atom is 0.251 e. The monoisotopic (exact) mass is 293 g/mol. The fourth-order valence-corrected chi connectivity index (χ4v) is 3.58. The number of sulfonamides is 1. The molecule has 0 saturated heterocycles. The minimum absolute atomic E-state index is 0.186. The van der Waals surface area contributed by atoms with Gasteiger partial charge in [0.05, 0.1) is 22.8 Å². The van der Waals surface area contributed by atoms with Crippen LogP contribution < -0.4 is 4.72 Å². The summed E-state index contributed by atoms with van der Waals surface area (Å²) in [6, 6.07) is 8.76. The number of benzene rings is 1. The minimum Gasteiger partial charge on any atom is -0.249 e. The van der Waals surface area contributed by atoms with Crippen molar-refractivity contribution in [2.75, 3.05) is 0 Å². The molecule has 1 heterocycles. The molecule has 98 valence electrons. The summed E-state index contributed by atoms with van der Waals surface area (Å²) < 4.78 is 26.6. The molecule has 0 unspecified atom stereocenters. The van der Waals surface area contributed by atoms with E-state index in [1.165, 1.54) is 6.20 Å². The molecule has 0 atom stereocenters. The average molecular weight is 293 g/mol. The van der Waals surface area contributed by atoms with Gasteiger partial charge < -0.3 is 0 Å². The first-order valence-corrected chi connectivity index (χ1v) is 7.72. The van der Waals surface area contributed by atoms with Gasteiger partial charge in [0, 0.05) is 6.54 Å². The molecule has 0 radical (unpaired) electrons. The lowest BCUT2D eigenvalue weighted by Crippen LogP contribution is -2.22. The standard InChI is InChI=1S/C12H11N3O2S2/c1-9-14-8-12(18-9)19(16,17)15-7-11-4-2-10(6-13)3-5-11/h2-5,8,15H,7H2,1H3. The highest BCUT2D eigenvalue weighted by Crippen LogP contribution is 2.17. The summed E-state index contributed by atoms with van der Waals surface area (Å²) in [6.45, 7) is 1.94. The highest BCUT2D eigenvalue weighted by molar-refractivity contribution is 7.91. The van der Waals surface area contributed by atoms with E-state index >= 15 is 0 Å². The van der Waals surface area contributed by atoms with Crippen molar-refractivity contribution in [2.45, 2.75) is 17.7 Å². The molecule has 2 rings (SSSR count). The van der Waals surface area contributed by atoms with Gasteiger partial charge in [0.15, 0.2) is 4.21 Å². The molecule has 5 nitrogen and oxygen atoms in total. The van der Waals surface area contributed by atoms with Crippen LogP contribution in [0, 0.1) is 18.3 Å². The largest absolute Gasteiger partial charge is 0.251 e. The highest BCUT2D eigenvalue weighted by atomic mass is 32.2. The first kappa shape index (κ1) is 13.7. The summed E-state index contributed by atoms with van der Waals surface area (Å²) in [5, 5.41) is 9.38. The molecule has 0 aliphatic heterocycles. The Morgan fingerprint density at radius 1 is 1.37 bits per heavy atom. The van der Waals surface area contributed by atoms with E-state index in [0.29, 0.717) is 10.6 Å². The molecular formula is C12H11N3O2S2. The number of nitrogens with one attached hydrogen (secondary N) is 1. The third-order valence-electron chi connectivity index (χ3n) is 2.41. The maximum absolute atomic E-state index is 11.9. The molecule has 0 bridgehead atoms. The number of rotatable bonds is 4. The Kier molecular flexibility index (Phi) is 3.95. The molecule has 1 aromatic heterocycles. The topological polar surface area (TPSA) is 82.8 Å². The first-order chi connectivity index (χ1) is 9.01. The quantitative estimate of drug-likeness (QED) is 0.931. The normalized spacial score (nSPS) is 11.2. The second kappa shape index (κ2) is 5.48. The van der Waals surface area contributed by atoms with Gasteiger partial charge in [-0.25, -0.2) is 18.1 Å². The second-order valence-corrected chi connectivity index (χ2v) is 7.06. The SMILES string of the molecule is Cc1ncc(S(=O)(=O)NCc2ccc(C#N)cc2)s1. The van der Waals surface area contributed by atoms with Crippen molar-refractivity contribution >= 4 is 21.4 Å². The zero-order valence-electron chi connectivity index (χ0n) is 10.1. The van der Waals surface area contributed by atoms with Crippen molar-refractivity contribution in [1.29, 1.82) is 5.26 Å². The molecule has 2 aromatic rings. The minimum atomic E-state index is -3.51. The molecule has 7 heteroatoms. The van der Waals surface area contributed by atoms with Crippen LogP contribution in [-0.2, 0) is 16.6 Å². The number of thiazole rings is 1. The maximum atomic E-state index is 11.9. The lowest BCUT2D eigenvalue weighted by Gasteiger charge is -2.04.